The van der Waals surface area contributed by atoms with Gasteiger partial charge in [0.15, 0.2) is 0 Å². The van der Waals surface area contributed by atoms with Gasteiger partial charge in [0.1, 0.15) is 0 Å². The molecule has 1 rings (SSSR count). The number of hydrazine groups is 1. The van der Waals surface area contributed by atoms with E-state index in [2.05, 4.69) is 62.5 Å². The first-order chi connectivity index (χ1) is 8.58. The Labute approximate surface area is 111 Å². The standard InChI is InChI=1S/C15H27N3/c1-5-6-12(2)11-15(17-16)13-7-9-14(10-8-13)18(3)4/h7-10,12,15,17H,5-6,11,16H2,1-4H3. The average molecular weight is 249 g/mol. The van der Waals surface area contributed by atoms with Gasteiger partial charge in [-0.05, 0) is 30.0 Å². The van der Waals surface area contributed by atoms with Gasteiger partial charge in [-0.1, -0.05) is 38.8 Å². The first-order valence-corrected chi connectivity index (χ1v) is 6.81. The highest BCUT2D eigenvalue weighted by Gasteiger charge is 2.13. The molecule has 0 saturated heterocycles. The molecule has 102 valence electrons. The lowest BCUT2D eigenvalue weighted by Gasteiger charge is -2.21. The predicted molar refractivity (Wildman–Crippen MR) is 79.5 cm³/mol. The van der Waals surface area contributed by atoms with Gasteiger partial charge in [-0.3, -0.25) is 11.3 Å². The molecule has 0 radical (unpaired) electrons. The van der Waals surface area contributed by atoms with Gasteiger partial charge in [-0.25, -0.2) is 0 Å². The van der Waals surface area contributed by atoms with Crippen LogP contribution in [0.5, 0.6) is 0 Å². The van der Waals surface area contributed by atoms with Crippen LogP contribution < -0.4 is 16.2 Å². The van der Waals surface area contributed by atoms with Gasteiger partial charge in [-0.15, -0.1) is 0 Å². The summed E-state index contributed by atoms with van der Waals surface area (Å²) in [5.41, 5.74) is 5.43. The number of hydrogen-bond donors (Lipinski definition) is 2. The molecule has 2 unspecified atom stereocenters. The Kier molecular flexibility index (Phi) is 6.16. The molecule has 0 heterocycles. The van der Waals surface area contributed by atoms with Crippen LogP contribution in [0.4, 0.5) is 5.69 Å². The maximum absolute atomic E-state index is 5.69. The molecule has 0 aliphatic heterocycles. The van der Waals surface area contributed by atoms with Gasteiger partial charge >= 0.3 is 0 Å². The van der Waals surface area contributed by atoms with Crippen molar-refractivity contribution >= 4 is 5.69 Å². The van der Waals surface area contributed by atoms with Crippen LogP contribution in [0.15, 0.2) is 24.3 Å². The topological polar surface area (TPSA) is 41.3 Å². The van der Waals surface area contributed by atoms with Crippen LogP contribution in [-0.2, 0) is 0 Å². The molecule has 3 N–H and O–H groups in total. The number of hydrogen-bond acceptors (Lipinski definition) is 3. The minimum atomic E-state index is 0.253. The maximum Gasteiger partial charge on any atom is 0.0462 e. The second-order valence-electron chi connectivity index (χ2n) is 5.33. The average Bonchev–Trinajstić information content (AvgIpc) is 2.36. The van der Waals surface area contributed by atoms with Crippen molar-refractivity contribution < 1.29 is 0 Å². The molecule has 0 amide bonds. The van der Waals surface area contributed by atoms with Gasteiger partial charge in [-0.2, -0.15) is 0 Å². The summed E-state index contributed by atoms with van der Waals surface area (Å²) in [6, 6.07) is 8.87. The monoisotopic (exact) mass is 249 g/mol. The van der Waals surface area contributed by atoms with E-state index >= 15 is 0 Å². The van der Waals surface area contributed by atoms with E-state index in [1.165, 1.54) is 24.1 Å². The second kappa shape index (κ2) is 7.39. The highest BCUT2D eigenvalue weighted by atomic mass is 15.2. The van der Waals surface area contributed by atoms with E-state index in [0.717, 1.165) is 6.42 Å². The van der Waals surface area contributed by atoms with Crippen LogP contribution >= 0.6 is 0 Å². The Hall–Kier alpha value is -1.06. The summed E-state index contributed by atoms with van der Waals surface area (Å²) >= 11 is 0. The largest absolute Gasteiger partial charge is 0.378 e. The molecule has 0 aliphatic carbocycles. The first kappa shape index (κ1) is 15.0. The number of rotatable bonds is 7. The number of nitrogens with one attached hydrogen (secondary N) is 1. The molecule has 3 nitrogen and oxygen atoms in total. The zero-order chi connectivity index (χ0) is 13.5. The molecule has 18 heavy (non-hydrogen) atoms. The molecule has 0 spiro atoms. The molecule has 0 bridgehead atoms. The van der Waals surface area contributed by atoms with Crippen molar-refractivity contribution in [2.75, 3.05) is 19.0 Å². The molecule has 0 saturated carbocycles. The number of nitrogens with two attached hydrogens (primary N) is 1. The quantitative estimate of drug-likeness (QED) is 0.576. The number of nitrogens with zero attached hydrogens (tertiary/aromatic N) is 1. The summed E-state index contributed by atoms with van der Waals surface area (Å²) in [5, 5.41) is 0. The SMILES string of the molecule is CCCC(C)CC(NN)c1ccc(N(C)C)cc1. The molecule has 2 atom stereocenters. The van der Waals surface area contributed by atoms with E-state index in [1.54, 1.807) is 0 Å². The second-order valence-corrected chi connectivity index (χ2v) is 5.33. The molecule has 1 aromatic rings. The van der Waals surface area contributed by atoms with Crippen LogP contribution in [0.25, 0.3) is 0 Å². The lowest BCUT2D eigenvalue weighted by molar-refractivity contribution is 0.394. The Morgan fingerprint density at radius 3 is 2.28 bits per heavy atom. The maximum atomic E-state index is 5.69. The molecule has 3 heteroatoms. The molecular formula is C15H27N3. The van der Waals surface area contributed by atoms with Crippen molar-refractivity contribution in [1.82, 2.24) is 5.43 Å². The fourth-order valence-electron chi connectivity index (χ4n) is 2.32. The first-order valence-electron chi connectivity index (χ1n) is 6.81. The molecule has 0 fully saturated rings. The van der Waals surface area contributed by atoms with Gasteiger partial charge in [0.2, 0.25) is 0 Å². The van der Waals surface area contributed by atoms with Crippen LogP contribution in [0.1, 0.15) is 44.7 Å². The normalized spacial score (nSPS) is 14.3. The van der Waals surface area contributed by atoms with Crippen molar-refractivity contribution in [3.8, 4) is 0 Å². The molecule has 0 aliphatic rings. The Morgan fingerprint density at radius 2 is 1.83 bits per heavy atom. The van der Waals surface area contributed by atoms with Crippen LogP contribution in [-0.4, -0.2) is 14.1 Å². The molecule has 1 aromatic carbocycles. The predicted octanol–water partition coefficient (Wildman–Crippen LogP) is 3.08. The summed E-state index contributed by atoms with van der Waals surface area (Å²) in [7, 11) is 4.11. The Bertz CT molecular complexity index is 332. The van der Waals surface area contributed by atoms with Crippen molar-refractivity contribution in [2.45, 2.75) is 39.2 Å². The minimum absolute atomic E-state index is 0.253. The third kappa shape index (κ3) is 4.31. The Balaban J connectivity index is 2.70. The van der Waals surface area contributed by atoms with Gasteiger partial charge in [0.25, 0.3) is 0 Å². The zero-order valence-corrected chi connectivity index (χ0v) is 12.1. The third-order valence-corrected chi connectivity index (χ3v) is 3.43. The van der Waals surface area contributed by atoms with E-state index in [9.17, 15) is 0 Å². The minimum Gasteiger partial charge on any atom is -0.378 e. The fraction of sp³-hybridized carbons (Fsp3) is 0.600. The summed E-state index contributed by atoms with van der Waals surface area (Å²) in [5.74, 6) is 6.39. The summed E-state index contributed by atoms with van der Waals surface area (Å²) in [4.78, 5) is 2.11. The van der Waals surface area contributed by atoms with Crippen LogP contribution in [0.3, 0.4) is 0 Å². The highest BCUT2D eigenvalue weighted by Crippen LogP contribution is 2.24. The van der Waals surface area contributed by atoms with Crippen LogP contribution in [0.2, 0.25) is 0 Å². The van der Waals surface area contributed by atoms with Gasteiger partial charge in [0.05, 0.1) is 0 Å². The van der Waals surface area contributed by atoms with E-state index in [0.29, 0.717) is 5.92 Å². The van der Waals surface area contributed by atoms with Crippen molar-refractivity contribution in [1.29, 1.82) is 0 Å². The van der Waals surface area contributed by atoms with E-state index < -0.39 is 0 Å². The Morgan fingerprint density at radius 1 is 1.22 bits per heavy atom. The summed E-state index contributed by atoms with van der Waals surface area (Å²) < 4.78 is 0. The summed E-state index contributed by atoms with van der Waals surface area (Å²) in [6.45, 7) is 4.52. The molecular weight excluding hydrogens is 222 g/mol. The van der Waals surface area contributed by atoms with Crippen molar-refractivity contribution in [3.63, 3.8) is 0 Å². The molecule has 0 aromatic heterocycles. The number of anilines is 1. The fourth-order valence-corrected chi connectivity index (χ4v) is 2.32. The number of benzene rings is 1. The summed E-state index contributed by atoms with van der Waals surface area (Å²) in [6.07, 6.45) is 3.58. The van der Waals surface area contributed by atoms with E-state index in [-0.39, 0.29) is 6.04 Å². The zero-order valence-electron chi connectivity index (χ0n) is 12.1. The lowest BCUT2D eigenvalue weighted by atomic mass is 9.93. The lowest BCUT2D eigenvalue weighted by Crippen LogP contribution is -2.29. The highest BCUT2D eigenvalue weighted by molar-refractivity contribution is 5.46. The van der Waals surface area contributed by atoms with Crippen molar-refractivity contribution in [2.24, 2.45) is 11.8 Å². The van der Waals surface area contributed by atoms with E-state index in [1.807, 2.05) is 0 Å². The van der Waals surface area contributed by atoms with E-state index in [4.69, 9.17) is 5.84 Å². The smallest absolute Gasteiger partial charge is 0.0462 e. The van der Waals surface area contributed by atoms with Gasteiger partial charge in [0, 0.05) is 25.8 Å². The van der Waals surface area contributed by atoms with Crippen LogP contribution in [0, 0.1) is 5.92 Å². The van der Waals surface area contributed by atoms with Gasteiger partial charge < -0.3 is 4.90 Å². The third-order valence-electron chi connectivity index (χ3n) is 3.43. The van der Waals surface area contributed by atoms with Crippen molar-refractivity contribution in [3.05, 3.63) is 29.8 Å².